The van der Waals surface area contributed by atoms with Crippen LogP contribution in [0.5, 0.6) is 5.75 Å². The number of methoxy groups -OCH3 is 1. The first-order valence-corrected chi connectivity index (χ1v) is 6.20. The van der Waals surface area contributed by atoms with Crippen LogP contribution in [0.2, 0.25) is 0 Å². The summed E-state index contributed by atoms with van der Waals surface area (Å²) in [7, 11) is 1.57. The number of para-hydroxylation sites is 1. The summed E-state index contributed by atoms with van der Waals surface area (Å²) in [5.74, 6) is 0.635. The number of hydrogen-bond acceptors (Lipinski definition) is 4. The van der Waals surface area contributed by atoms with E-state index in [0.717, 1.165) is 10.8 Å². The van der Waals surface area contributed by atoms with E-state index in [4.69, 9.17) is 13.6 Å². The van der Waals surface area contributed by atoms with Gasteiger partial charge in [-0.3, -0.25) is 0 Å². The summed E-state index contributed by atoms with van der Waals surface area (Å²) in [6, 6.07) is 12.8. The highest BCUT2D eigenvalue weighted by atomic mass is 16.5. The zero-order valence-corrected chi connectivity index (χ0v) is 10.7. The molecule has 0 saturated carbocycles. The fourth-order valence-corrected chi connectivity index (χ4v) is 2.49. The molecular formula is C16H10O4. The van der Waals surface area contributed by atoms with Crippen molar-refractivity contribution in [3.05, 3.63) is 52.9 Å². The normalized spacial score (nSPS) is 11.4. The molecule has 0 unspecified atom stereocenters. The Labute approximate surface area is 113 Å². The summed E-state index contributed by atoms with van der Waals surface area (Å²) in [5.41, 5.74) is 1.30. The first kappa shape index (κ1) is 11.1. The molecule has 0 aliphatic heterocycles. The van der Waals surface area contributed by atoms with E-state index in [9.17, 15) is 4.79 Å². The fraction of sp³-hybridized carbons (Fsp3) is 0.0625. The average molecular weight is 266 g/mol. The molecule has 4 heteroatoms. The standard InChI is InChI=1S/C16H10O4/c1-18-9-6-7-11-13(8-9)20-16(17)14-10-4-2-3-5-12(10)19-15(11)14/h2-8H,1H3. The third-order valence-electron chi connectivity index (χ3n) is 3.44. The van der Waals surface area contributed by atoms with Gasteiger partial charge in [0.05, 0.1) is 12.5 Å². The van der Waals surface area contributed by atoms with Gasteiger partial charge in [0.2, 0.25) is 0 Å². The first-order valence-electron chi connectivity index (χ1n) is 6.20. The molecule has 4 rings (SSSR count). The number of furan rings is 1. The molecule has 0 atom stereocenters. The zero-order valence-electron chi connectivity index (χ0n) is 10.7. The van der Waals surface area contributed by atoms with Gasteiger partial charge in [-0.2, -0.15) is 0 Å². The van der Waals surface area contributed by atoms with E-state index in [-0.39, 0.29) is 0 Å². The summed E-state index contributed by atoms with van der Waals surface area (Å²) in [6.45, 7) is 0. The molecule has 98 valence electrons. The fourth-order valence-electron chi connectivity index (χ4n) is 2.49. The smallest absolute Gasteiger partial charge is 0.348 e. The Balaban J connectivity index is 2.27. The highest BCUT2D eigenvalue weighted by Crippen LogP contribution is 2.32. The van der Waals surface area contributed by atoms with Gasteiger partial charge in [0.1, 0.15) is 22.3 Å². The Morgan fingerprint density at radius 1 is 0.950 bits per heavy atom. The molecule has 2 aromatic heterocycles. The summed E-state index contributed by atoms with van der Waals surface area (Å²) >= 11 is 0. The predicted molar refractivity (Wildman–Crippen MR) is 76.3 cm³/mol. The second-order valence-corrected chi connectivity index (χ2v) is 4.55. The molecule has 0 aliphatic carbocycles. The van der Waals surface area contributed by atoms with E-state index in [0.29, 0.717) is 27.9 Å². The lowest BCUT2D eigenvalue weighted by Crippen LogP contribution is -1.98. The highest BCUT2D eigenvalue weighted by molar-refractivity contribution is 6.12. The minimum Gasteiger partial charge on any atom is -0.497 e. The van der Waals surface area contributed by atoms with Crippen LogP contribution in [0.15, 0.2) is 56.1 Å². The molecule has 2 aromatic carbocycles. The lowest BCUT2D eigenvalue weighted by atomic mass is 10.1. The van der Waals surface area contributed by atoms with E-state index in [1.54, 1.807) is 13.2 Å². The maximum Gasteiger partial charge on any atom is 0.348 e. The van der Waals surface area contributed by atoms with Crippen LogP contribution in [-0.4, -0.2) is 7.11 Å². The van der Waals surface area contributed by atoms with Crippen molar-refractivity contribution in [3.8, 4) is 5.75 Å². The molecule has 0 N–H and O–H groups in total. The van der Waals surface area contributed by atoms with Gasteiger partial charge in [-0.05, 0) is 18.2 Å². The molecule has 0 amide bonds. The summed E-state index contributed by atoms with van der Waals surface area (Å²) in [6.07, 6.45) is 0. The van der Waals surface area contributed by atoms with Crippen molar-refractivity contribution in [2.24, 2.45) is 0 Å². The van der Waals surface area contributed by atoms with Crippen molar-refractivity contribution in [2.75, 3.05) is 7.11 Å². The second kappa shape index (κ2) is 3.87. The Bertz CT molecular complexity index is 1010. The van der Waals surface area contributed by atoms with Crippen molar-refractivity contribution in [3.63, 3.8) is 0 Å². The largest absolute Gasteiger partial charge is 0.497 e. The van der Waals surface area contributed by atoms with Gasteiger partial charge in [-0.1, -0.05) is 18.2 Å². The average Bonchev–Trinajstić information content (AvgIpc) is 2.86. The minimum absolute atomic E-state index is 0.397. The molecule has 4 nitrogen and oxygen atoms in total. The van der Waals surface area contributed by atoms with E-state index in [2.05, 4.69) is 0 Å². The monoisotopic (exact) mass is 266 g/mol. The molecule has 0 saturated heterocycles. The third-order valence-corrected chi connectivity index (χ3v) is 3.44. The Morgan fingerprint density at radius 2 is 1.80 bits per heavy atom. The van der Waals surface area contributed by atoms with Crippen LogP contribution in [0.3, 0.4) is 0 Å². The maximum absolute atomic E-state index is 12.2. The van der Waals surface area contributed by atoms with Gasteiger partial charge >= 0.3 is 5.63 Å². The van der Waals surface area contributed by atoms with Crippen molar-refractivity contribution in [1.82, 2.24) is 0 Å². The molecule has 20 heavy (non-hydrogen) atoms. The molecule has 0 aliphatic rings. The van der Waals surface area contributed by atoms with Crippen molar-refractivity contribution < 1.29 is 13.6 Å². The molecule has 2 heterocycles. The summed E-state index contributed by atoms with van der Waals surface area (Å²) in [5, 5.41) is 2.02. The van der Waals surface area contributed by atoms with Crippen LogP contribution in [-0.2, 0) is 0 Å². The SMILES string of the molecule is COc1ccc2c(c1)oc(=O)c1c3ccccc3oc21. The summed E-state index contributed by atoms with van der Waals surface area (Å²) in [4.78, 5) is 12.2. The van der Waals surface area contributed by atoms with E-state index in [1.165, 1.54) is 0 Å². The van der Waals surface area contributed by atoms with E-state index < -0.39 is 5.63 Å². The lowest BCUT2D eigenvalue weighted by Gasteiger charge is -2.01. The molecule has 4 aromatic rings. The van der Waals surface area contributed by atoms with Crippen LogP contribution >= 0.6 is 0 Å². The van der Waals surface area contributed by atoms with Gasteiger partial charge in [-0.15, -0.1) is 0 Å². The molecule has 0 radical (unpaired) electrons. The van der Waals surface area contributed by atoms with Gasteiger partial charge in [-0.25, -0.2) is 4.79 Å². The maximum atomic E-state index is 12.2. The van der Waals surface area contributed by atoms with Crippen molar-refractivity contribution in [2.45, 2.75) is 0 Å². The van der Waals surface area contributed by atoms with Gasteiger partial charge in [0, 0.05) is 11.5 Å². The topological polar surface area (TPSA) is 52.6 Å². The van der Waals surface area contributed by atoms with Crippen molar-refractivity contribution in [1.29, 1.82) is 0 Å². The number of ether oxygens (including phenoxy) is 1. The Hall–Kier alpha value is -2.75. The van der Waals surface area contributed by atoms with Crippen LogP contribution in [0, 0.1) is 0 Å². The summed E-state index contributed by atoms with van der Waals surface area (Å²) < 4.78 is 16.3. The molecule has 0 spiro atoms. The number of hydrogen-bond donors (Lipinski definition) is 0. The van der Waals surface area contributed by atoms with Crippen LogP contribution in [0.25, 0.3) is 32.9 Å². The number of rotatable bonds is 1. The first-order chi connectivity index (χ1) is 9.78. The highest BCUT2D eigenvalue weighted by Gasteiger charge is 2.15. The van der Waals surface area contributed by atoms with Crippen LogP contribution < -0.4 is 10.4 Å². The minimum atomic E-state index is -0.397. The van der Waals surface area contributed by atoms with Crippen molar-refractivity contribution >= 4 is 32.9 Å². The Kier molecular flexibility index (Phi) is 2.15. The van der Waals surface area contributed by atoms with Crippen LogP contribution in [0.1, 0.15) is 0 Å². The predicted octanol–water partition coefficient (Wildman–Crippen LogP) is 3.70. The van der Waals surface area contributed by atoms with Gasteiger partial charge in [0.25, 0.3) is 0 Å². The lowest BCUT2D eigenvalue weighted by molar-refractivity contribution is 0.414. The quantitative estimate of drug-likeness (QED) is 0.493. The molecule has 0 fully saturated rings. The van der Waals surface area contributed by atoms with Gasteiger partial charge in [0.15, 0.2) is 5.58 Å². The third kappa shape index (κ3) is 1.39. The Morgan fingerprint density at radius 3 is 2.65 bits per heavy atom. The molecule has 0 bridgehead atoms. The second-order valence-electron chi connectivity index (χ2n) is 4.55. The zero-order chi connectivity index (χ0) is 13.7. The van der Waals surface area contributed by atoms with E-state index in [1.807, 2.05) is 36.4 Å². The van der Waals surface area contributed by atoms with Crippen LogP contribution in [0.4, 0.5) is 0 Å². The molecular weight excluding hydrogens is 256 g/mol. The van der Waals surface area contributed by atoms with E-state index >= 15 is 0 Å². The van der Waals surface area contributed by atoms with Gasteiger partial charge < -0.3 is 13.6 Å². The number of benzene rings is 2. The number of fused-ring (bicyclic) bond motifs is 5.